The number of pyridine rings is 1. The van der Waals surface area contributed by atoms with Crippen LogP contribution < -0.4 is 0 Å². The smallest absolute Gasteiger partial charge is 0.141 e. The lowest BCUT2D eigenvalue weighted by Crippen LogP contribution is -2.00. The molecule has 0 fully saturated rings. The molecule has 1 aromatic rings. The molecule has 0 N–H and O–H groups in total. The van der Waals surface area contributed by atoms with E-state index in [1.54, 1.807) is 6.07 Å². The van der Waals surface area contributed by atoms with E-state index in [0.717, 1.165) is 17.7 Å². The van der Waals surface area contributed by atoms with Gasteiger partial charge < -0.3 is 0 Å². The lowest BCUT2D eigenvalue weighted by atomic mass is 9.93. The maximum Gasteiger partial charge on any atom is 0.141 e. The molecule has 1 heterocycles. The predicted octanol–water partition coefficient (Wildman–Crippen LogP) is 5.18. The van der Waals surface area contributed by atoms with Crippen molar-refractivity contribution in [2.75, 3.05) is 0 Å². The molecule has 18 heavy (non-hydrogen) atoms. The highest BCUT2D eigenvalue weighted by atomic mass is 19.1. The summed E-state index contributed by atoms with van der Waals surface area (Å²) >= 11 is 0. The summed E-state index contributed by atoms with van der Waals surface area (Å²) in [5.74, 6) is 0.602. The van der Waals surface area contributed by atoms with Gasteiger partial charge in [0.05, 0.1) is 11.9 Å². The zero-order valence-corrected chi connectivity index (χ0v) is 11.9. The highest BCUT2D eigenvalue weighted by Gasteiger charge is 2.11. The van der Waals surface area contributed by atoms with Gasteiger partial charge in [0.1, 0.15) is 5.82 Å². The van der Waals surface area contributed by atoms with E-state index in [9.17, 15) is 4.39 Å². The van der Waals surface area contributed by atoms with Gasteiger partial charge in [0.25, 0.3) is 0 Å². The summed E-state index contributed by atoms with van der Waals surface area (Å²) in [4.78, 5) is 4.22. The molecule has 0 saturated heterocycles. The Labute approximate surface area is 110 Å². The quantitative estimate of drug-likeness (QED) is 0.676. The fourth-order valence-electron chi connectivity index (χ4n) is 1.95. The number of rotatable bonds is 6. The number of hydrogen-bond donors (Lipinski definition) is 0. The Morgan fingerprint density at radius 3 is 2.67 bits per heavy atom. The Morgan fingerprint density at radius 1 is 1.33 bits per heavy atom. The molecule has 1 unspecified atom stereocenters. The molecule has 1 nitrogen and oxygen atoms in total. The second-order valence-corrected chi connectivity index (χ2v) is 5.27. The lowest BCUT2D eigenvalue weighted by molar-refractivity contribution is 0.594. The number of aromatic nitrogens is 1. The predicted molar refractivity (Wildman–Crippen MR) is 76.0 cm³/mol. The fraction of sp³-hybridized carbons (Fsp3) is 0.562. The molecular formula is C16H24FN. The van der Waals surface area contributed by atoms with Crippen LogP contribution in [0.1, 0.15) is 64.1 Å². The van der Waals surface area contributed by atoms with Crippen LogP contribution >= 0.6 is 0 Å². The second-order valence-electron chi connectivity index (χ2n) is 5.27. The Hall–Kier alpha value is -1.18. The molecular weight excluding hydrogens is 225 g/mol. The summed E-state index contributed by atoms with van der Waals surface area (Å²) in [7, 11) is 0. The summed E-state index contributed by atoms with van der Waals surface area (Å²) in [5.41, 5.74) is 1.94. The van der Waals surface area contributed by atoms with Crippen LogP contribution in [-0.2, 0) is 0 Å². The Bertz CT molecular complexity index is 396. The zero-order chi connectivity index (χ0) is 13.5. The first-order chi connectivity index (χ1) is 8.54. The molecule has 1 atom stereocenters. The van der Waals surface area contributed by atoms with Gasteiger partial charge in [-0.15, -0.1) is 0 Å². The van der Waals surface area contributed by atoms with Crippen molar-refractivity contribution in [3.05, 3.63) is 35.4 Å². The third kappa shape index (κ3) is 4.59. The third-order valence-electron chi connectivity index (χ3n) is 3.08. The Morgan fingerprint density at radius 2 is 2.06 bits per heavy atom. The summed E-state index contributed by atoms with van der Waals surface area (Å²) in [6, 6.07) is 1.63. The Kier molecular flexibility index (Phi) is 6.03. The van der Waals surface area contributed by atoms with Gasteiger partial charge in [-0.05, 0) is 36.0 Å². The highest BCUT2D eigenvalue weighted by Crippen LogP contribution is 2.25. The van der Waals surface area contributed by atoms with E-state index in [1.165, 1.54) is 19.0 Å². The molecule has 100 valence electrons. The number of halogens is 1. The summed E-state index contributed by atoms with van der Waals surface area (Å²) in [6.07, 6.45) is 8.85. The van der Waals surface area contributed by atoms with Gasteiger partial charge in [0.15, 0.2) is 0 Å². The molecule has 0 aliphatic carbocycles. The van der Waals surface area contributed by atoms with Gasteiger partial charge in [0.2, 0.25) is 0 Å². The SMILES string of the molecule is CCCCC(C)c1cc(F)cnc1/C=C/C(C)C. The van der Waals surface area contributed by atoms with Gasteiger partial charge in [0, 0.05) is 0 Å². The minimum Gasteiger partial charge on any atom is -0.254 e. The van der Waals surface area contributed by atoms with E-state index in [4.69, 9.17) is 0 Å². The van der Waals surface area contributed by atoms with E-state index in [0.29, 0.717) is 11.8 Å². The minimum absolute atomic E-state index is 0.241. The van der Waals surface area contributed by atoms with Crippen LogP contribution in [0.25, 0.3) is 6.08 Å². The minimum atomic E-state index is -0.241. The highest BCUT2D eigenvalue weighted by molar-refractivity contribution is 5.50. The normalized spacial score (nSPS) is 13.4. The van der Waals surface area contributed by atoms with Gasteiger partial charge >= 0.3 is 0 Å². The molecule has 0 aliphatic rings. The van der Waals surface area contributed by atoms with Crippen molar-refractivity contribution in [1.82, 2.24) is 4.98 Å². The van der Waals surface area contributed by atoms with Crippen LogP contribution in [0.2, 0.25) is 0 Å². The van der Waals surface area contributed by atoms with Crippen molar-refractivity contribution in [2.45, 2.75) is 52.9 Å². The molecule has 0 aromatic carbocycles. The number of allylic oxidation sites excluding steroid dienone is 1. The molecule has 1 aromatic heterocycles. The summed E-state index contributed by atoms with van der Waals surface area (Å²) in [5, 5.41) is 0. The molecule has 0 bridgehead atoms. The van der Waals surface area contributed by atoms with E-state index in [1.807, 2.05) is 6.08 Å². The van der Waals surface area contributed by atoms with Crippen molar-refractivity contribution in [1.29, 1.82) is 0 Å². The van der Waals surface area contributed by atoms with E-state index < -0.39 is 0 Å². The molecule has 0 aliphatic heterocycles. The van der Waals surface area contributed by atoms with Crippen molar-refractivity contribution in [2.24, 2.45) is 5.92 Å². The van der Waals surface area contributed by atoms with Gasteiger partial charge in [-0.25, -0.2) is 4.39 Å². The van der Waals surface area contributed by atoms with Gasteiger partial charge in [-0.2, -0.15) is 0 Å². The topological polar surface area (TPSA) is 12.9 Å². The standard InChI is InChI=1S/C16H24FN/c1-5-6-7-13(4)15-10-14(17)11-18-16(15)9-8-12(2)3/h8-13H,5-7H2,1-4H3/b9-8+. The van der Waals surface area contributed by atoms with Crippen LogP contribution in [0.3, 0.4) is 0 Å². The van der Waals surface area contributed by atoms with E-state index in [-0.39, 0.29) is 5.82 Å². The molecule has 0 radical (unpaired) electrons. The van der Waals surface area contributed by atoms with Crippen LogP contribution in [0.15, 0.2) is 18.3 Å². The summed E-state index contributed by atoms with van der Waals surface area (Å²) < 4.78 is 13.3. The van der Waals surface area contributed by atoms with Crippen LogP contribution in [0.5, 0.6) is 0 Å². The first-order valence-electron chi connectivity index (χ1n) is 6.88. The van der Waals surface area contributed by atoms with Crippen LogP contribution in [0.4, 0.5) is 4.39 Å². The number of unbranched alkanes of at least 4 members (excludes halogenated alkanes) is 1. The van der Waals surface area contributed by atoms with Crippen LogP contribution in [-0.4, -0.2) is 4.98 Å². The fourth-order valence-corrected chi connectivity index (χ4v) is 1.95. The van der Waals surface area contributed by atoms with Gasteiger partial charge in [-0.1, -0.05) is 46.6 Å². The first-order valence-corrected chi connectivity index (χ1v) is 6.88. The molecule has 0 spiro atoms. The number of hydrogen-bond acceptors (Lipinski definition) is 1. The maximum atomic E-state index is 13.3. The molecule has 0 amide bonds. The van der Waals surface area contributed by atoms with Crippen LogP contribution in [0, 0.1) is 11.7 Å². The molecule has 1 rings (SSSR count). The first kappa shape index (κ1) is 14.9. The lowest BCUT2D eigenvalue weighted by Gasteiger charge is -2.14. The monoisotopic (exact) mass is 249 g/mol. The average Bonchev–Trinajstić information content (AvgIpc) is 2.34. The number of nitrogens with zero attached hydrogens (tertiary/aromatic N) is 1. The van der Waals surface area contributed by atoms with Crippen molar-refractivity contribution < 1.29 is 4.39 Å². The Balaban J connectivity index is 2.95. The third-order valence-corrected chi connectivity index (χ3v) is 3.08. The molecule has 0 saturated carbocycles. The second kappa shape index (κ2) is 7.30. The molecule has 2 heteroatoms. The van der Waals surface area contributed by atoms with E-state index in [2.05, 4.69) is 38.8 Å². The maximum absolute atomic E-state index is 13.3. The largest absolute Gasteiger partial charge is 0.254 e. The van der Waals surface area contributed by atoms with E-state index >= 15 is 0 Å². The van der Waals surface area contributed by atoms with Gasteiger partial charge in [-0.3, -0.25) is 4.98 Å². The van der Waals surface area contributed by atoms with Crippen molar-refractivity contribution >= 4 is 6.08 Å². The zero-order valence-electron chi connectivity index (χ0n) is 11.9. The van der Waals surface area contributed by atoms with Crippen molar-refractivity contribution in [3.63, 3.8) is 0 Å². The van der Waals surface area contributed by atoms with Crippen molar-refractivity contribution in [3.8, 4) is 0 Å². The average molecular weight is 249 g/mol. The summed E-state index contributed by atoms with van der Waals surface area (Å²) in [6.45, 7) is 8.58.